The van der Waals surface area contributed by atoms with Crippen LogP contribution in [0.5, 0.6) is 0 Å². The molecule has 0 saturated carbocycles. The molecule has 0 saturated heterocycles. The molecule has 0 fully saturated rings. The maximum absolute atomic E-state index is 11.9. The van der Waals surface area contributed by atoms with E-state index in [-0.39, 0.29) is 12.3 Å². The van der Waals surface area contributed by atoms with Gasteiger partial charge in [0.2, 0.25) is 23.6 Å². The molecule has 3 atom stereocenters. The minimum atomic E-state index is -1.41. The SMILES string of the molecule is CC(C)CC(NC(=O)CNC(=O)C(CO)NC(=O)C(N)CC(N)=O)C(=O)O. The van der Waals surface area contributed by atoms with E-state index in [4.69, 9.17) is 16.6 Å². The van der Waals surface area contributed by atoms with Gasteiger partial charge in [-0.25, -0.2) is 4.79 Å². The van der Waals surface area contributed by atoms with E-state index in [1.807, 2.05) is 0 Å². The van der Waals surface area contributed by atoms with Crippen LogP contribution in [-0.4, -0.2) is 71.1 Å². The zero-order valence-corrected chi connectivity index (χ0v) is 15.2. The first-order valence-corrected chi connectivity index (χ1v) is 8.22. The van der Waals surface area contributed by atoms with Crippen LogP contribution < -0.4 is 27.4 Å². The molecule has 0 heterocycles. The van der Waals surface area contributed by atoms with Crippen LogP contribution in [0, 0.1) is 5.92 Å². The normalized spacial score (nSPS) is 14.0. The maximum Gasteiger partial charge on any atom is 0.326 e. The number of aliphatic hydroxyl groups is 1. The number of amides is 4. The van der Waals surface area contributed by atoms with E-state index in [0.717, 1.165) is 0 Å². The Bertz CT molecular complexity index is 567. The van der Waals surface area contributed by atoms with Crippen LogP contribution in [-0.2, 0) is 24.0 Å². The first-order valence-electron chi connectivity index (χ1n) is 8.22. The summed E-state index contributed by atoms with van der Waals surface area (Å²) in [6, 6.07) is -3.80. The maximum atomic E-state index is 11.9. The highest BCUT2D eigenvalue weighted by molar-refractivity contribution is 5.93. The van der Waals surface area contributed by atoms with Gasteiger partial charge in [0.25, 0.3) is 0 Å². The van der Waals surface area contributed by atoms with Crippen molar-refractivity contribution in [2.45, 2.75) is 44.8 Å². The molecule has 0 rings (SSSR count). The third kappa shape index (κ3) is 10.1. The van der Waals surface area contributed by atoms with Crippen molar-refractivity contribution in [1.29, 1.82) is 0 Å². The molecular weight excluding hydrogens is 362 g/mol. The van der Waals surface area contributed by atoms with Crippen LogP contribution in [0.1, 0.15) is 26.7 Å². The summed E-state index contributed by atoms with van der Waals surface area (Å²) in [4.78, 5) is 57.3. The number of nitrogens with two attached hydrogens (primary N) is 2. The number of hydrogen-bond donors (Lipinski definition) is 7. The lowest BCUT2D eigenvalue weighted by atomic mass is 10.0. The van der Waals surface area contributed by atoms with Crippen LogP contribution >= 0.6 is 0 Å². The molecule has 0 radical (unpaired) electrons. The van der Waals surface area contributed by atoms with Gasteiger partial charge in [0.15, 0.2) is 0 Å². The fourth-order valence-electron chi connectivity index (χ4n) is 2.01. The summed E-state index contributed by atoms with van der Waals surface area (Å²) in [6.45, 7) is 2.25. The van der Waals surface area contributed by atoms with Gasteiger partial charge >= 0.3 is 5.97 Å². The highest BCUT2D eigenvalue weighted by Gasteiger charge is 2.25. The van der Waals surface area contributed by atoms with Gasteiger partial charge in [0, 0.05) is 0 Å². The Morgan fingerprint density at radius 1 is 1.00 bits per heavy atom. The van der Waals surface area contributed by atoms with Crippen molar-refractivity contribution < 1.29 is 34.2 Å². The van der Waals surface area contributed by atoms with E-state index in [1.54, 1.807) is 13.8 Å². The lowest BCUT2D eigenvalue weighted by molar-refractivity contribution is -0.142. The quantitative estimate of drug-likeness (QED) is 0.176. The molecule has 0 aromatic carbocycles. The van der Waals surface area contributed by atoms with Gasteiger partial charge in [-0.1, -0.05) is 13.8 Å². The Morgan fingerprint density at radius 2 is 1.59 bits per heavy atom. The average Bonchev–Trinajstić information content (AvgIpc) is 2.55. The smallest absolute Gasteiger partial charge is 0.326 e. The summed E-state index contributed by atoms with van der Waals surface area (Å²) < 4.78 is 0. The van der Waals surface area contributed by atoms with Crippen molar-refractivity contribution in [3.8, 4) is 0 Å². The van der Waals surface area contributed by atoms with Gasteiger partial charge in [0.1, 0.15) is 12.1 Å². The van der Waals surface area contributed by atoms with Crippen molar-refractivity contribution in [3.05, 3.63) is 0 Å². The Balaban J connectivity index is 4.58. The standard InChI is InChI=1S/C15H27N5O7/c1-7(2)3-9(15(26)27)19-12(23)5-18-14(25)10(6-21)20-13(24)8(16)4-11(17)22/h7-10,21H,3-6,16H2,1-2H3,(H2,17,22)(H,18,25)(H,19,23)(H,20,24)(H,26,27). The summed E-state index contributed by atoms with van der Waals surface area (Å²) in [5, 5.41) is 24.8. The molecule has 12 heteroatoms. The predicted octanol–water partition coefficient (Wildman–Crippen LogP) is -3.60. The van der Waals surface area contributed by atoms with Crippen LogP contribution in [0.4, 0.5) is 0 Å². The van der Waals surface area contributed by atoms with E-state index in [1.165, 1.54) is 0 Å². The molecule has 12 nitrogen and oxygen atoms in total. The molecule has 154 valence electrons. The predicted molar refractivity (Wildman–Crippen MR) is 92.8 cm³/mol. The van der Waals surface area contributed by atoms with Crippen LogP contribution in [0.15, 0.2) is 0 Å². The number of carbonyl (C=O) groups is 5. The van der Waals surface area contributed by atoms with Gasteiger partial charge in [-0.05, 0) is 12.3 Å². The minimum Gasteiger partial charge on any atom is -0.480 e. The number of aliphatic carboxylic acids is 1. The van der Waals surface area contributed by atoms with Gasteiger partial charge in [-0.2, -0.15) is 0 Å². The second-order valence-corrected chi connectivity index (χ2v) is 6.33. The van der Waals surface area contributed by atoms with Crippen molar-refractivity contribution in [3.63, 3.8) is 0 Å². The van der Waals surface area contributed by atoms with E-state index < -0.39 is 67.3 Å². The number of nitrogens with one attached hydrogen (secondary N) is 3. The number of aliphatic hydroxyl groups excluding tert-OH is 1. The van der Waals surface area contributed by atoms with Crippen molar-refractivity contribution in [2.24, 2.45) is 17.4 Å². The molecule has 0 aliphatic heterocycles. The molecule has 0 bridgehead atoms. The van der Waals surface area contributed by atoms with Gasteiger partial charge in [0.05, 0.1) is 25.6 Å². The molecule has 0 aliphatic rings. The Hall–Kier alpha value is -2.73. The Labute approximate surface area is 156 Å². The molecular formula is C15H27N5O7. The highest BCUT2D eigenvalue weighted by Crippen LogP contribution is 2.04. The van der Waals surface area contributed by atoms with Gasteiger partial charge in [-0.3, -0.25) is 19.2 Å². The largest absolute Gasteiger partial charge is 0.480 e. The van der Waals surface area contributed by atoms with Crippen LogP contribution in [0.3, 0.4) is 0 Å². The molecule has 0 aromatic heterocycles. The second-order valence-electron chi connectivity index (χ2n) is 6.33. The molecule has 27 heavy (non-hydrogen) atoms. The molecule has 0 aromatic rings. The van der Waals surface area contributed by atoms with E-state index in [0.29, 0.717) is 0 Å². The second kappa shape index (κ2) is 11.8. The minimum absolute atomic E-state index is 0.0274. The third-order valence-electron chi connectivity index (χ3n) is 3.34. The average molecular weight is 389 g/mol. The monoisotopic (exact) mass is 389 g/mol. The first-order chi connectivity index (χ1) is 12.5. The summed E-state index contributed by atoms with van der Waals surface area (Å²) in [5.41, 5.74) is 10.3. The summed E-state index contributed by atoms with van der Waals surface area (Å²) in [6.07, 6.45) is -0.234. The van der Waals surface area contributed by atoms with E-state index in [9.17, 15) is 29.1 Å². The molecule has 4 amide bonds. The van der Waals surface area contributed by atoms with Crippen LogP contribution in [0.2, 0.25) is 0 Å². The lowest BCUT2D eigenvalue weighted by Crippen LogP contribution is -2.55. The van der Waals surface area contributed by atoms with Crippen molar-refractivity contribution in [1.82, 2.24) is 16.0 Å². The van der Waals surface area contributed by atoms with Gasteiger partial charge < -0.3 is 37.6 Å². The summed E-state index contributed by atoms with van der Waals surface area (Å²) in [5.74, 6) is -4.50. The zero-order valence-electron chi connectivity index (χ0n) is 15.2. The summed E-state index contributed by atoms with van der Waals surface area (Å²) in [7, 11) is 0. The number of primary amides is 1. The van der Waals surface area contributed by atoms with E-state index >= 15 is 0 Å². The van der Waals surface area contributed by atoms with Crippen LogP contribution in [0.25, 0.3) is 0 Å². The van der Waals surface area contributed by atoms with Gasteiger partial charge in [-0.15, -0.1) is 0 Å². The Morgan fingerprint density at radius 3 is 2.04 bits per heavy atom. The topological polar surface area (TPSA) is 214 Å². The van der Waals surface area contributed by atoms with Crippen molar-refractivity contribution in [2.75, 3.05) is 13.2 Å². The molecule has 3 unspecified atom stereocenters. The Kier molecular flexibility index (Phi) is 10.6. The molecule has 0 aliphatic carbocycles. The third-order valence-corrected chi connectivity index (χ3v) is 3.34. The molecule has 9 N–H and O–H groups in total. The fourth-order valence-corrected chi connectivity index (χ4v) is 2.01. The molecule has 0 spiro atoms. The first kappa shape index (κ1) is 24.3. The van der Waals surface area contributed by atoms with E-state index in [2.05, 4.69) is 16.0 Å². The highest BCUT2D eigenvalue weighted by atomic mass is 16.4. The number of rotatable bonds is 12. The number of hydrogen-bond acceptors (Lipinski definition) is 7. The number of carboxylic acids is 1. The number of carbonyl (C=O) groups excluding carboxylic acids is 4. The lowest BCUT2D eigenvalue weighted by Gasteiger charge is -2.19. The fraction of sp³-hybridized carbons (Fsp3) is 0.667. The zero-order chi connectivity index (χ0) is 21.1. The van der Waals surface area contributed by atoms with Crippen molar-refractivity contribution >= 4 is 29.6 Å². The number of carboxylic acid groups (broad SMARTS) is 1. The summed E-state index contributed by atoms with van der Waals surface area (Å²) >= 11 is 0.